The van der Waals surface area contributed by atoms with Gasteiger partial charge < -0.3 is 29.0 Å². The molecule has 148 valence electrons. The Labute approximate surface area is 159 Å². The van der Waals surface area contributed by atoms with Crippen molar-refractivity contribution in [3.05, 3.63) is 29.3 Å². The Morgan fingerprint density at radius 1 is 0.926 bits per heavy atom. The van der Waals surface area contributed by atoms with Gasteiger partial charge in [-0.1, -0.05) is 12.1 Å². The Morgan fingerprint density at radius 2 is 1.56 bits per heavy atom. The summed E-state index contributed by atoms with van der Waals surface area (Å²) in [5.41, 5.74) is 2.79. The monoisotopic (exact) mass is 377 g/mol. The molecule has 4 rings (SSSR count). The maximum Gasteiger partial charge on any atom is 0.256 e. The van der Waals surface area contributed by atoms with E-state index in [0.29, 0.717) is 0 Å². The summed E-state index contributed by atoms with van der Waals surface area (Å²) in [5, 5.41) is 2.97. The van der Waals surface area contributed by atoms with Crippen molar-refractivity contribution < 1.29 is 28.5 Å². The highest BCUT2D eigenvalue weighted by atomic mass is 16.9. The number of rotatable bonds is 2. The maximum absolute atomic E-state index is 13.1. The molecule has 0 radical (unpaired) electrons. The lowest BCUT2D eigenvalue weighted by atomic mass is 9.98. The average Bonchev–Trinajstić information content (AvgIpc) is 3.04. The van der Waals surface area contributed by atoms with E-state index < -0.39 is 42.3 Å². The van der Waals surface area contributed by atoms with E-state index in [0.717, 1.165) is 16.8 Å². The first-order valence-corrected chi connectivity index (χ1v) is 9.29. The van der Waals surface area contributed by atoms with E-state index in [1.165, 1.54) is 0 Å². The van der Waals surface area contributed by atoms with Crippen LogP contribution in [0.1, 0.15) is 38.8 Å². The molecule has 1 aromatic rings. The topological polar surface area (TPSA) is 75.3 Å². The molecule has 0 aliphatic carbocycles. The smallest absolute Gasteiger partial charge is 0.256 e. The number of anilines is 1. The van der Waals surface area contributed by atoms with Crippen LogP contribution < -0.4 is 5.32 Å². The van der Waals surface area contributed by atoms with Gasteiger partial charge in [-0.2, -0.15) is 0 Å². The molecular formula is C20H27NO6. The molecule has 0 spiro atoms. The van der Waals surface area contributed by atoms with Crippen LogP contribution >= 0.6 is 0 Å². The molecule has 0 unspecified atom stereocenters. The molecule has 27 heavy (non-hydrogen) atoms. The molecule has 0 saturated carbocycles. The van der Waals surface area contributed by atoms with Crippen molar-refractivity contribution in [1.29, 1.82) is 0 Å². The van der Waals surface area contributed by atoms with Crippen LogP contribution in [0.2, 0.25) is 0 Å². The highest BCUT2D eigenvalue weighted by Gasteiger charge is 2.62. The van der Waals surface area contributed by atoms with Crippen molar-refractivity contribution >= 4 is 11.6 Å². The summed E-state index contributed by atoms with van der Waals surface area (Å²) in [4.78, 5) is 13.1. The number of carbonyl (C=O) groups is 1. The van der Waals surface area contributed by atoms with Crippen molar-refractivity contribution in [2.45, 2.75) is 83.8 Å². The van der Waals surface area contributed by atoms with Crippen molar-refractivity contribution in [2.24, 2.45) is 0 Å². The summed E-state index contributed by atoms with van der Waals surface area (Å²) in [6, 6.07) is 5.91. The Kier molecular flexibility index (Phi) is 4.36. The SMILES string of the molecule is Cc1ccc(C)c(NC(=O)[C@H]2O[C@@H]3OC(C)(C)O[C@@H]3[C@H]3OC(C)(C)O[C@H]32)c1. The predicted octanol–water partition coefficient (Wildman–Crippen LogP) is 2.64. The van der Waals surface area contributed by atoms with E-state index in [2.05, 4.69) is 5.32 Å². The molecule has 3 aliphatic heterocycles. The van der Waals surface area contributed by atoms with E-state index in [1.807, 2.05) is 59.7 Å². The molecule has 3 heterocycles. The van der Waals surface area contributed by atoms with Gasteiger partial charge in [-0.15, -0.1) is 0 Å². The summed E-state index contributed by atoms with van der Waals surface area (Å²) in [6.07, 6.45) is -3.03. The van der Waals surface area contributed by atoms with Gasteiger partial charge in [0.2, 0.25) is 0 Å². The lowest BCUT2D eigenvalue weighted by molar-refractivity contribution is -0.229. The summed E-state index contributed by atoms with van der Waals surface area (Å²) < 4.78 is 29.8. The van der Waals surface area contributed by atoms with E-state index in [9.17, 15) is 4.79 Å². The summed E-state index contributed by atoms with van der Waals surface area (Å²) in [6.45, 7) is 11.2. The van der Waals surface area contributed by atoms with Crippen molar-refractivity contribution in [3.63, 3.8) is 0 Å². The minimum absolute atomic E-state index is 0.285. The number of aryl methyl sites for hydroxylation is 2. The standard InChI is InChI=1S/C20H27NO6/c1-10-7-8-11(2)12(9-10)21-17(22)15-13-14(25-19(3,4)24-13)16-18(23-15)27-20(5,6)26-16/h7-9,13-16,18H,1-6H3,(H,21,22)/t13-,14+,15+,16-,18-/m1/s1. The third kappa shape index (κ3) is 3.50. The molecule has 3 saturated heterocycles. The van der Waals surface area contributed by atoms with Gasteiger partial charge in [0.15, 0.2) is 24.0 Å². The second kappa shape index (κ2) is 6.25. The quantitative estimate of drug-likeness (QED) is 0.854. The van der Waals surface area contributed by atoms with Crippen LogP contribution in [-0.2, 0) is 28.5 Å². The van der Waals surface area contributed by atoms with Crippen LogP contribution in [0.25, 0.3) is 0 Å². The van der Waals surface area contributed by atoms with Gasteiger partial charge in [-0.05, 0) is 58.7 Å². The second-order valence-corrected chi connectivity index (χ2v) is 8.40. The summed E-state index contributed by atoms with van der Waals surface area (Å²) in [5.74, 6) is -1.93. The van der Waals surface area contributed by atoms with Gasteiger partial charge in [0.25, 0.3) is 5.91 Å². The zero-order valence-corrected chi connectivity index (χ0v) is 16.6. The van der Waals surface area contributed by atoms with Crippen LogP contribution in [0.5, 0.6) is 0 Å². The van der Waals surface area contributed by atoms with Crippen LogP contribution in [0, 0.1) is 13.8 Å². The summed E-state index contributed by atoms with van der Waals surface area (Å²) >= 11 is 0. The van der Waals surface area contributed by atoms with Crippen LogP contribution in [0.4, 0.5) is 5.69 Å². The molecule has 0 aromatic heterocycles. The number of benzene rings is 1. The van der Waals surface area contributed by atoms with Gasteiger partial charge in [0, 0.05) is 5.69 Å². The largest absolute Gasteiger partial charge is 0.342 e. The molecule has 5 atom stereocenters. The first kappa shape index (κ1) is 18.8. The third-order valence-corrected chi connectivity index (χ3v) is 5.06. The van der Waals surface area contributed by atoms with Gasteiger partial charge in [-0.25, -0.2) is 0 Å². The van der Waals surface area contributed by atoms with Gasteiger partial charge in [0.05, 0.1) is 0 Å². The lowest BCUT2D eigenvalue weighted by Gasteiger charge is -2.36. The van der Waals surface area contributed by atoms with E-state index in [1.54, 1.807) is 0 Å². The fraction of sp³-hybridized carbons (Fsp3) is 0.650. The van der Waals surface area contributed by atoms with Gasteiger partial charge in [0.1, 0.15) is 18.3 Å². The first-order chi connectivity index (χ1) is 12.5. The highest BCUT2D eigenvalue weighted by Crippen LogP contribution is 2.44. The molecule has 0 bridgehead atoms. The Bertz CT molecular complexity index is 761. The fourth-order valence-corrected chi connectivity index (χ4v) is 3.90. The minimum atomic E-state index is -0.865. The lowest BCUT2D eigenvalue weighted by Crippen LogP contribution is -2.58. The molecule has 3 fully saturated rings. The first-order valence-electron chi connectivity index (χ1n) is 9.29. The molecular weight excluding hydrogens is 350 g/mol. The van der Waals surface area contributed by atoms with Crippen LogP contribution in [0.3, 0.4) is 0 Å². The second-order valence-electron chi connectivity index (χ2n) is 8.40. The number of carbonyl (C=O) groups excluding carboxylic acids is 1. The van der Waals surface area contributed by atoms with E-state index in [-0.39, 0.29) is 5.91 Å². The molecule has 3 aliphatic rings. The molecule has 1 aromatic carbocycles. The fourth-order valence-electron chi connectivity index (χ4n) is 3.90. The van der Waals surface area contributed by atoms with E-state index in [4.69, 9.17) is 23.7 Å². The predicted molar refractivity (Wildman–Crippen MR) is 97.1 cm³/mol. The number of hydrogen-bond donors (Lipinski definition) is 1. The zero-order valence-electron chi connectivity index (χ0n) is 16.6. The van der Waals surface area contributed by atoms with Crippen LogP contribution in [-0.4, -0.2) is 48.2 Å². The number of fused-ring (bicyclic) bond motifs is 3. The molecule has 7 nitrogen and oxygen atoms in total. The van der Waals surface area contributed by atoms with Crippen molar-refractivity contribution in [2.75, 3.05) is 5.32 Å². The van der Waals surface area contributed by atoms with E-state index >= 15 is 0 Å². The number of amides is 1. The van der Waals surface area contributed by atoms with Crippen molar-refractivity contribution in [3.8, 4) is 0 Å². The number of hydrogen-bond acceptors (Lipinski definition) is 6. The molecule has 7 heteroatoms. The van der Waals surface area contributed by atoms with Crippen molar-refractivity contribution in [1.82, 2.24) is 0 Å². The van der Waals surface area contributed by atoms with Gasteiger partial charge in [-0.3, -0.25) is 4.79 Å². The number of ether oxygens (including phenoxy) is 5. The average molecular weight is 377 g/mol. The number of nitrogens with one attached hydrogen (secondary N) is 1. The van der Waals surface area contributed by atoms with Gasteiger partial charge >= 0.3 is 0 Å². The molecule has 1 amide bonds. The summed E-state index contributed by atoms with van der Waals surface area (Å²) in [7, 11) is 0. The zero-order chi connectivity index (χ0) is 19.6. The Hall–Kier alpha value is -1.51. The Balaban J connectivity index is 1.60. The minimum Gasteiger partial charge on any atom is -0.342 e. The highest BCUT2D eigenvalue weighted by molar-refractivity contribution is 5.95. The normalized spacial score (nSPS) is 36.1. The third-order valence-electron chi connectivity index (χ3n) is 5.06. The van der Waals surface area contributed by atoms with Crippen LogP contribution in [0.15, 0.2) is 18.2 Å². The maximum atomic E-state index is 13.1. The molecule has 1 N–H and O–H groups in total. The Morgan fingerprint density at radius 3 is 2.30 bits per heavy atom.